The number of ether oxygens (including phenoxy) is 2. The number of piperidine rings is 1. The van der Waals surface area contributed by atoms with Crippen molar-refractivity contribution in [2.75, 3.05) is 26.2 Å². The minimum absolute atomic E-state index is 0.0472. The van der Waals surface area contributed by atoms with Gasteiger partial charge < -0.3 is 25.4 Å². The molecule has 7 heteroatoms. The van der Waals surface area contributed by atoms with Gasteiger partial charge in [-0.05, 0) is 55.7 Å². The maximum absolute atomic E-state index is 12.6. The van der Waals surface area contributed by atoms with Crippen molar-refractivity contribution in [2.24, 2.45) is 5.73 Å². The van der Waals surface area contributed by atoms with Crippen molar-refractivity contribution in [2.45, 2.75) is 44.4 Å². The molecule has 1 saturated heterocycles. The largest absolute Gasteiger partial charge is 0.492 e. The Labute approximate surface area is 188 Å². The Kier molecular flexibility index (Phi) is 7.00. The average molecular weight is 444 g/mol. The van der Waals surface area contributed by atoms with Crippen LogP contribution >= 0.6 is 11.6 Å². The van der Waals surface area contributed by atoms with E-state index in [-0.39, 0.29) is 18.0 Å². The summed E-state index contributed by atoms with van der Waals surface area (Å²) in [4.78, 5) is 15.0. The number of hydrogen-bond donors (Lipinski definition) is 2. The molecule has 2 aromatic rings. The van der Waals surface area contributed by atoms with Crippen molar-refractivity contribution in [1.82, 2.24) is 10.2 Å². The fourth-order valence-corrected chi connectivity index (χ4v) is 4.33. The van der Waals surface area contributed by atoms with Gasteiger partial charge in [0.2, 0.25) is 0 Å². The molecule has 166 valence electrons. The molecular formula is C24H30ClN3O3. The Morgan fingerprint density at radius 1 is 1.26 bits per heavy atom. The Morgan fingerprint density at radius 2 is 2.00 bits per heavy atom. The second kappa shape index (κ2) is 9.90. The van der Waals surface area contributed by atoms with Crippen molar-refractivity contribution in [3.05, 3.63) is 58.6 Å². The van der Waals surface area contributed by atoms with Gasteiger partial charge in [0, 0.05) is 37.1 Å². The topological polar surface area (TPSA) is 76.8 Å². The van der Waals surface area contributed by atoms with E-state index in [0.29, 0.717) is 18.1 Å². The van der Waals surface area contributed by atoms with Crippen molar-refractivity contribution in [3.63, 3.8) is 0 Å². The van der Waals surface area contributed by atoms with E-state index in [2.05, 4.69) is 17.1 Å². The van der Waals surface area contributed by atoms with E-state index in [1.807, 2.05) is 36.4 Å². The lowest BCUT2D eigenvalue weighted by Gasteiger charge is -2.34. The fourth-order valence-electron chi connectivity index (χ4n) is 4.14. The maximum Gasteiger partial charge on any atom is 0.261 e. The van der Waals surface area contributed by atoms with Crippen LogP contribution in [-0.4, -0.2) is 55.2 Å². The summed E-state index contributed by atoms with van der Waals surface area (Å²) in [5, 5.41) is 3.82. The molecule has 0 aliphatic carbocycles. The van der Waals surface area contributed by atoms with Crippen molar-refractivity contribution in [3.8, 4) is 11.5 Å². The molecule has 2 heterocycles. The van der Waals surface area contributed by atoms with E-state index in [1.165, 1.54) is 5.56 Å². The van der Waals surface area contributed by atoms with Crippen LogP contribution in [0.1, 0.15) is 24.0 Å². The molecule has 4 rings (SSSR count). The first-order valence-electron chi connectivity index (χ1n) is 10.9. The molecule has 2 unspecified atom stereocenters. The number of halogens is 1. The van der Waals surface area contributed by atoms with Crippen LogP contribution in [0.2, 0.25) is 5.02 Å². The zero-order valence-electron chi connectivity index (χ0n) is 17.9. The Bertz CT molecular complexity index is 897. The van der Waals surface area contributed by atoms with Crippen LogP contribution in [0.4, 0.5) is 0 Å². The third-order valence-electron chi connectivity index (χ3n) is 5.90. The fraction of sp³-hybridized carbons (Fsp3) is 0.458. The summed E-state index contributed by atoms with van der Waals surface area (Å²) >= 11 is 6.03. The minimum atomic E-state index is -0.473. The van der Waals surface area contributed by atoms with E-state index >= 15 is 0 Å². The quantitative estimate of drug-likeness (QED) is 0.688. The van der Waals surface area contributed by atoms with Crippen LogP contribution < -0.4 is 20.5 Å². The molecule has 2 aromatic carbocycles. The van der Waals surface area contributed by atoms with Gasteiger partial charge >= 0.3 is 0 Å². The van der Waals surface area contributed by atoms with E-state index in [0.717, 1.165) is 49.5 Å². The lowest BCUT2D eigenvalue weighted by molar-refractivity contribution is -0.128. The molecule has 0 spiro atoms. The molecule has 1 fully saturated rings. The number of amides is 1. The van der Waals surface area contributed by atoms with Gasteiger partial charge in [-0.3, -0.25) is 4.79 Å². The number of nitrogens with two attached hydrogens (primary N) is 1. The number of carbonyl (C=O) groups excluding carboxylic acids is 1. The number of hydrogen-bond acceptors (Lipinski definition) is 5. The summed E-state index contributed by atoms with van der Waals surface area (Å²) in [5.74, 6) is 1.55. The molecule has 0 radical (unpaired) electrons. The van der Waals surface area contributed by atoms with Crippen LogP contribution in [0.5, 0.6) is 11.5 Å². The Hall–Kier alpha value is -2.28. The third kappa shape index (κ3) is 5.91. The van der Waals surface area contributed by atoms with Gasteiger partial charge in [0.15, 0.2) is 6.10 Å². The number of nitrogens with zero attached hydrogens (tertiary/aromatic N) is 1. The van der Waals surface area contributed by atoms with Gasteiger partial charge in [0.25, 0.3) is 5.91 Å². The highest BCUT2D eigenvalue weighted by atomic mass is 35.5. The van der Waals surface area contributed by atoms with Crippen molar-refractivity contribution in [1.29, 1.82) is 0 Å². The van der Waals surface area contributed by atoms with Gasteiger partial charge in [0.05, 0.1) is 6.04 Å². The molecule has 6 nitrogen and oxygen atoms in total. The lowest BCUT2D eigenvalue weighted by atomic mass is 10.0. The van der Waals surface area contributed by atoms with E-state index in [9.17, 15) is 4.79 Å². The summed E-state index contributed by atoms with van der Waals surface area (Å²) in [6.07, 6.45) is 1.90. The lowest BCUT2D eigenvalue weighted by Crippen LogP contribution is -2.50. The van der Waals surface area contributed by atoms with Gasteiger partial charge in [-0.2, -0.15) is 0 Å². The van der Waals surface area contributed by atoms with Crippen molar-refractivity contribution < 1.29 is 14.3 Å². The average Bonchev–Trinajstić information content (AvgIpc) is 3.18. The van der Waals surface area contributed by atoms with Gasteiger partial charge in [-0.1, -0.05) is 29.3 Å². The third-order valence-corrected chi connectivity index (χ3v) is 6.14. The van der Waals surface area contributed by atoms with Crippen LogP contribution in [0.3, 0.4) is 0 Å². The van der Waals surface area contributed by atoms with Gasteiger partial charge in [-0.15, -0.1) is 0 Å². The van der Waals surface area contributed by atoms with Crippen molar-refractivity contribution >= 4 is 17.5 Å². The van der Waals surface area contributed by atoms with Gasteiger partial charge in [0.1, 0.15) is 18.1 Å². The predicted octanol–water partition coefficient (Wildman–Crippen LogP) is 2.94. The Morgan fingerprint density at radius 3 is 2.74 bits per heavy atom. The molecule has 1 amide bonds. The molecular weight excluding hydrogens is 414 g/mol. The molecule has 0 aromatic heterocycles. The molecule has 2 aliphatic heterocycles. The summed E-state index contributed by atoms with van der Waals surface area (Å²) < 4.78 is 11.6. The normalized spacial score (nSPS) is 20.0. The Balaban J connectivity index is 1.16. The number of likely N-dealkylation sites (tertiary alicyclic amines) is 1. The molecule has 31 heavy (non-hydrogen) atoms. The van der Waals surface area contributed by atoms with E-state index in [1.54, 1.807) is 6.07 Å². The highest BCUT2D eigenvalue weighted by molar-refractivity contribution is 6.30. The zero-order chi connectivity index (χ0) is 21.8. The molecule has 0 bridgehead atoms. The SMILES string of the molecule is Cc1ccc(OCC(N)CN2CCC(NC(=O)C3Cc4cc(Cl)ccc4O3)CC2)cc1. The summed E-state index contributed by atoms with van der Waals surface area (Å²) in [6, 6.07) is 13.6. The second-order valence-corrected chi connectivity index (χ2v) is 8.97. The minimum Gasteiger partial charge on any atom is -0.492 e. The summed E-state index contributed by atoms with van der Waals surface area (Å²) in [6.45, 7) is 5.14. The van der Waals surface area contributed by atoms with Gasteiger partial charge in [-0.25, -0.2) is 0 Å². The number of nitrogens with one attached hydrogen (secondary N) is 1. The first kappa shape index (κ1) is 21.9. The zero-order valence-corrected chi connectivity index (χ0v) is 18.6. The monoisotopic (exact) mass is 443 g/mol. The van der Waals surface area contributed by atoms with Crippen LogP contribution in [0.15, 0.2) is 42.5 Å². The first-order chi connectivity index (χ1) is 15.0. The number of carbonyl (C=O) groups is 1. The van der Waals surface area contributed by atoms with E-state index in [4.69, 9.17) is 26.8 Å². The standard InChI is InChI=1S/C24H30ClN3O3/c1-16-2-5-21(6-3-16)30-15-19(26)14-28-10-8-20(9-11-28)27-24(29)23-13-17-12-18(25)4-7-22(17)31-23/h2-7,12,19-20,23H,8-11,13-15,26H2,1H3,(H,27,29). The summed E-state index contributed by atoms with van der Waals surface area (Å²) in [7, 11) is 0. The molecule has 2 aliphatic rings. The number of aryl methyl sites for hydroxylation is 1. The number of rotatable bonds is 7. The van der Waals surface area contributed by atoms with E-state index < -0.39 is 6.10 Å². The second-order valence-electron chi connectivity index (χ2n) is 8.53. The molecule has 0 saturated carbocycles. The predicted molar refractivity (Wildman–Crippen MR) is 122 cm³/mol. The maximum atomic E-state index is 12.6. The van der Waals surface area contributed by atoms with Crippen LogP contribution in [0.25, 0.3) is 0 Å². The van der Waals surface area contributed by atoms with Crippen LogP contribution in [-0.2, 0) is 11.2 Å². The molecule has 2 atom stereocenters. The first-order valence-corrected chi connectivity index (χ1v) is 11.3. The highest BCUT2D eigenvalue weighted by Gasteiger charge is 2.31. The van der Waals surface area contributed by atoms with Crippen LogP contribution in [0, 0.1) is 6.92 Å². The summed E-state index contributed by atoms with van der Waals surface area (Å²) in [5.41, 5.74) is 8.47. The number of benzene rings is 2. The smallest absolute Gasteiger partial charge is 0.261 e. The molecule has 3 N–H and O–H groups in total. The highest BCUT2D eigenvalue weighted by Crippen LogP contribution is 2.31. The number of fused-ring (bicyclic) bond motifs is 1.